The molecule has 2 unspecified atom stereocenters. The minimum atomic E-state index is -1.53. The third kappa shape index (κ3) is 8.21. The molecule has 2 heterocycles. The summed E-state index contributed by atoms with van der Waals surface area (Å²) in [6.45, 7) is 6.42. The minimum Gasteiger partial charge on any atom is -0.346 e. The van der Waals surface area contributed by atoms with E-state index < -0.39 is 11.2 Å². The lowest BCUT2D eigenvalue weighted by atomic mass is 9.96. The van der Waals surface area contributed by atoms with E-state index in [9.17, 15) is 18.6 Å². The van der Waals surface area contributed by atoms with E-state index in [0.717, 1.165) is 32.2 Å². The quantitative estimate of drug-likeness (QED) is 0.286. The molecule has 2 N–H and O–H groups in total. The third-order valence-electron chi connectivity index (χ3n) is 7.95. The Morgan fingerprint density at radius 1 is 1.05 bits per heavy atom. The van der Waals surface area contributed by atoms with Crippen LogP contribution in [0.25, 0.3) is 10.8 Å². The van der Waals surface area contributed by atoms with Crippen molar-refractivity contribution < 1.29 is 18.6 Å². The van der Waals surface area contributed by atoms with E-state index in [1.807, 2.05) is 9.21 Å². The summed E-state index contributed by atoms with van der Waals surface area (Å²) in [6, 6.07) is 15.0. The summed E-state index contributed by atoms with van der Waals surface area (Å²) in [4.78, 5) is 40.2. The first-order valence-corrected chi connectivity index (χ1v) is 15.3. The van der Waals surface area contributed by atoms with Crippen LogP contribution in [0.3, 0.4) is 0 Å². The van der Waals surface area contributed by atoms with Crippen molar-refractivity contribution in [3.05, 3.63) is 48.0 Å². The van der Waals surface area contributed by atoms with Crippen LogP contribution in [0.5, 0.6) is 0 Å². The van der Waals surface area contributed by atoms with E-state index in [2.05, 4.69) is 70.8 Å². The highest BCUT2D eigenvalue weighted by Crippen LogP contribution is 2.31. The number of nitrogens with one attached hydrogen (secondary N) is 2. The van der Waals surface area contributed by atoms with Crippen molar-refractivity contribution in [3.63, 3.8) is 0 Å². The largest absolute Gasteiger partial charge is 0.346 e. The Balaban J connectivity index is 1.41. The molecular weight excluding hydrogens is 540 g/mol. The molecule has 11 heteroatoms. The Morgan fingerprint density at radius 2 is 1.76 bits per heavy atom. The highest BCUT2D eigenvalue weighted by Gasteiger charge is 2.35. The van der Waals surface area contributed by atoms with Crippen molar-refractivity contribution in [3.8, 4) is 12.3 Å². The number of hydrogen-bond acceptors (Lipinski definition) is 6. The Kier molecular flexibility index (Phi) is 11.4. The Hall–Kier alpha value is -3.14. The van der Waals surface area contributed by atoms with Gasteiger partial charge in [-0.15, -0.1) is 6.42 Å². The monoisotopic (exact) mass is 580 g/mol. The predicted molar refractivity (Wildman–Crippen MR) is 161 cm³/mol. The summed E-state index contributed by atoms with van der Waals surface area (Å²) >= 11 is -1.53. The molecule has 0 aliphatic carbocycles. The second kappa shape index (κ2) is 15.2. The fourth-order valence-electron chi connectivity index (χ4n) is 5.59. The SMILES string of the molecule is C#CCNC(=O)CNC(=O)CN(C1CCN(C(C)c2cccc3ccccc23)CC1)S(=O)N1CCN(CC=O)CC1. The van der Waals surface area contributed by atoms with Gasteiger partial charge in [0, 0.05) is 51.4 Å². The molecule has 41 heavy (non-hydrogen) atoms. The van der Waals surface area contributed by atoms with E-state index in [0.29, 0.717) is 32.7 Å². The molecule has 2 aromatic rings. The molecule has 0 saturated carbocycles. The number of carbonyl (C=O) groups is 3. The van der Waals surface area contributed by atoms with Crippen LogP contribution in [0.4, 0.5) is 0 Å². The van der Waals surface area contributed by atoms with Crippen LogP contribution < -0.4 is 10.6 Å². The second-order valence-corrected chi connectivity index (χ2v) is 11.9. The van der Waals surface area contributed by atoms with Crippen LogP contribution >= 0.6 is 0 Å². The first-order valence-electron chi connectivity index (χ1n) is 14.2. The van der Waals surface area contributed by atoms with Crippen molar-refractivity contribution in [1.29, 1.82) is 0 Å². The lowest BCUT2D eigenvalue weighted by molar-refractivity contribution is -0.126. The highest BCUT2D eigenvalue weighted by atomic mass is 32.2. The van der Waals surface area contributed by atoms with Gasteiger partial charge < -0.3 is 15.4 Å². The summed E-state index contributed by atoms with van der Waals surface area (Å²) in [5.74, 6) is 1.60. The second-order valence-electron chi connectivity index (χ2n) is 10.5. The van der Waals surface area contributed by atoms with E-state index >= 15 is 0 Å². The number of nitrogens with zero attached hydrogens (tertiary/aromatic N) is 4. The van der Waals surface area contributed by atoms with Crippen molar-refractivity contribution in [2.45, 2.75) is 31.8 Å². The number of likely N-dealkylation sites (tertiary alicyclic amines) is 1. The molecule has 0 bridgehead atoms. The summed E-state index contributed by atoms with van der Waals surface area (Å²) in [5.41, 5.74) is 1.29. The maximum Gasteiger partial charge on any atom is 0.240 e. The predicted octanol–water partition coefficient (Wildman–Crippen LogP) is 0.928. The lowest BCUT2D eigenvalue weighted by Gasteiger charge is -2.42. The molecule has 0 aromatic heterocycles. The zero-order chi connectivity index (χ0) is 29.2. The molecule has 4 rings (SSSR count). The van der Waals surface area contributed by atoms with Gasteiger partial charge in [-0.1, -0.05) is 48.4 Å². The van der Waals surface area contributed by atoms with Gasteiger partial charge >= 0.3 is 0 Å². The molecule has 2 amide bonds. The molecule has 0 radical (unpaired) electrons. The van der Waals surface area contributed by atoms with Crippen LogP contribution in [-0.4, -0.2) is 112 Å². The number of fused-ring (bicyclic) bond motifs is 1. The van der Waals surface area contributed by atoms with Crippen molar-refractivity contribution in [2.75, 3.05) is 65.4 Å². The lowest BCUT2D eigenvalue weighted by Crippen LogP contribution is -2.56. The van der Waals surface area contributed by atoms with Crippen LogP contribution in [0.15, 0.2) is 42.5 Å². The van der Waals surface area contributed by atoms with Gasteiger partial charge in [0.1, 0.15) is 6.29 Å². The summed E-state index contributed by atoms with van der Waals surface area (Å²) in [6.07, 6.45) is 7.59. The van der Waals surface area contributed by atoms with Crippen molar-refractivity contribution >= 4 is 40.0 Å². The summed E-state index contributed by atoms with van der Waals surface area (Å²) < 4.78 is 17.5. The molecule has 2 aromatic carbocycles. The Bertz CT molecular complexity index is 1260. The number of rotatable bonds is 12. The first-order chi connectivity index (χ1) is 19.9. The molecular formula is C30H40N6O4S. The molecule has 2 atom stereocenters. The van der Waals surface area contributed by atoms with Gasteiger partial charge in [-0.2, -0.15) is 4.31 Å². The number of amides is 2. The van der Waals surface area contributed by atoms with E-state index in [4.69, 9.17) is 6.42 Å². The van der Waals surface area contributed by atoms with Gasteiger partial charge in [-0.25, -0.2) is 8.51 Å². The highest BCUT2D eigenvalue weighted by molar-refractivity contribution is 7.80. The minimum absolute atomic E-state index is 0.0548. The van der Waals surface area contributed by atoms with Crippen LogP contribution in [0.1, 0.15) is 31.4 Å². The maximum absolute atomic E-state index is 13.8. The number of carbonyl (C=O) groups excluding carboxylic acids is 3. The molecule has 2 aliphatic heterocycles. The molecule has 2 fully saturated rings. The summed E-state index contributed by atoms with van der Waals surface area (Å²) in [5, 5.41) is 7.64. The van der Waals surface area contributed by atoms with Gasteiger partial charge in [-0.05, 0) is 36.1 Å². The van der Waals surface area contributed by atoms with E-state index in [1.165, 1.54) is 16.3 Å². The van der Waals surface area contributed by atoms with Crippen LogP contribution in [-0.2, 0) is 25.6 Å². The van der Waals surface area contributed by atoms with E-state index in [1.54, 1.807) is 4.31 Å². The molecule has 10 nitrogen and oxygen atoms in total. The average molecular weight is 581 g/mol. The van der Waals surface area contributed by atoms with Gasteiger partial charge in [0.2, 0.25) is 11.8 Å². The molecule has 0 spiro atoms. The number of aldehydes is 1. The Labute approximate surface area is 245 Å². The first kappa shape index (κ1) is 30.8. The van der Waals surface area contributed by atoms with E-state index in [-0.39, 0.29) is 43.5 Å². The fourth-order valence-corrected chi connectivity index (χ4v) is 7.06. The standard InChI is InChI=1S/C30H40N6O4S/c1-3-13-31-29(38)22-32-30(39)23-36(41(40)35-18-16-33(17-19-35)20-21-37)26-11-14-34(15-12-26)24(2)27-10-6-8-25-7-4-5-9-28(25)27/h1,4-10,21,24,26H,11-20,22-23H2,2H3,(H,31,38)(H,32,39). The zero-order valence-electron chi connectivity index (χ0n) is 23.7. The number of hydrogen-bond donors (Lipinski definition) is 2. The van der Waals surface area contributed by atoms with Gasteiger partial charge in [0.25, 0.3) is 0 Å². The van der Waals surface area contributed by atoms with Crippen LogP contribution in [0, 0.1) is 12.3 Å². The van der Waals surface area contributed by atoms with Gasteiger partial charge in [0.05, 0.1) is 26.2 Å². The topological polar surface area (TPSA) is 105 Å². The van der Waals surface area contributed by atoms with Gasteiger partial charge in [-0.3, -0.25) is 19.4 Å². The third-order valence-corrected chi connectivity index (χ3v) is 9.58. The molecule has 2 saturated heterocycles. The normalized spacial score (nSPS) is 19.0. The van der Waals surface area contributed by atoms with Gasteiger partial charge in [0.15, 0.2) is 11.2 Å². The Morgan fingerprint density at radius 3 is 2.46 bits per heavy atom. The number of terminal acetylenes is 1. The van der Waals surface area contributed by atoms with Crippen molar-refractivity contribution in [1.82, 2.24) is 29.0 Å². The van der Waals surface area contributed by atoms with Crippen molar-refractivity contribution in [2.24, 2.45) is 0 Å². The number of benzene rings is 2. The number of piperazine rings is 1. The number of piperidine rings is 1. The smallest absolute Gasteiger partial charge is 0.240 e. The average Bonchev–Trinajstić information content (AvgIpc) is 3.01. The molecule has 2 aliphatic rings. The zero-order valence-corrected chi connectivity index (χ0v) is 24.5. The fraction of sp³-hybridized carbons (Fsp3) is 0.500. The van der Waals surface area contributed by atoms with Crippen LogP contribution in [0.2, 0.25) is 0 Å². The summed E-state index contributed by atoms with van der Waals surface area (Å²) in [7, 11) is 0. The molecule has 220 valence electrons. The maximum atomic E-state index is 13.8.